The third-order valence-electron chi connectivity index (χ3n) is 2.70. The topological polar surface area (TPSA) is 20.2 Å². The summed E-state index contributed by atoms with van der Waals surface area (Å²) in [6.45, 7) is 0. The molecule has 0 aromatic rings. The van der Waals surface area contributed by atoms with E-state index in [1.54, 1.807) is 0 Å². The summed E-state index contributed by atoms with van der Waals surface area (Å²) < 4.78 is 0. The van der Waals surface area contributed by atoms with Crippen LogP contribution in [-0.4, -0.2) is 11.2 Å². The quantitative estimate of drug-likeness (QED) is 0.498. The highest BCUT2D eigenvalue weighted by atomic mass is 16.3. The zero-order valence-corrected chi connectivity index (χ0v) is 5.01. The number of hydrogen-bond donors (Lipinski definition) is 1. The molecule has 1 N–H and O–H groups in total. The minimum absolute atomic E-state index is 0.0775. The molecule has 2 aliphatic rings. The van der Waals surface area contributed by atoms with Crippen molar-refractivity contribution in [1.82, 2.24) is 0 Å². The Kier molecular flexibility index (Phi) is 0.884. The summed E-state index contributed by atoms with van der Waals surface area (Å²) in [6.07, 6.45) is 5.19. The van der Waals surface area contributed by atoms with Crippen molar-refractivity contribution in [3.63, 3.8) is 0 Å². The smallest absolute Gasteiger partial charge is 0.0571 e. The number of fused-ring (bicyclic) bond motifs is 2. The van der Waals surface area contributed by atoms with Gasteiger partial charge in [0.05, 0.1) is 6.10 Å². The van der Waals surface area contributed by atoms with E-state index < -0.39 is 0 Å². The maximum Gasteiger partial charge on any atom is 0.0571 e. The predicted octanol–water partition coefficient (Wildman–Crippen LogP) is 1.17. The van der Waals surface area contributed by atoms with Crippen LogP contribution in [0.25, 0.3) is 0 Å². The molecular weight excluding hydrogens is 100 g/mol. The van der Waals surface area contributed by atoms with Crippen LogP contribution in [0.1, 0.15) is 25.7 Å². The van der Waals surface area contributed by atoms with E-state index in [2.05, 4.69) is 0 Å². The van der Waals surface area contributed by atoms with Gasteiger partial charge in [0.25, 0.3) is 0 Å². The lowest BCUT2D eigenvalue weighted by Gasteiger charge is -2.14. The van der Waals surface area contributed by atoms with E-state index in [0.29, 0.717) is 5.92 Å². The van der Waals surface area contributed by atoms with Gasteiger partial charge in [-0.2, -0.15) is 0 Å². The molecule has 2 fully saturated rings. The zero-order valence-electron chi connectivity index (χ0n) is 5.01. The van der Waals surface area contributed by atoms with Crippen molar-refractivity contribution in [3.05, 3.63) is 0 Å². The van der Waals surface area contributed by atoms with Crippen LogP contribution in [0.4, 0.5) is 0 Å². The number of aliphatic hydroxyl groups is 1. The summed E-state index contributed by atoms with van der Waals surface area (Å²) in [7, 11) is 0. The molecule has 2 rings (SSSR count). The highest BCUT2D eigenvalue weighted by Crippen LogP contribution is 2.44. The molecule has 2 saturated carbocycles. The van der Waals surface area contributed by atoms with Gasteiger partial charge in [0.2, 0.25) is 0 Å². The van der Waals surface area contributed by atoms with Crippen LogP contribution in [0.5, 0.6) is 0 Å². The van der Waals surface area contributed by atoms with Crippen molar-refractivity contribution in [2.75, 3.05) is 0 Å². The second-order valence-electron chi connectivity index (χ2n) is 3.24. The third-order valence-corrected chi connectivity index (χ3v) is 2.70. The second kappa shape index (κ2) is 1.47. The first kappa shape index (κ1) is 4.80. The summed E-state index contributed by atoms with van der Waals surface area (Å²) in [6, 6.07) is 0. The molecule has 2 aliphatic carbocycles. The van der Waals surface area contributed by atoms with E-state index in [0.717, 1.165) is 12.3 Å². The SMILES string of the molecule is O[C@@H]1C[C@H]2CCC1C2. The Hall–Kier alpha value is -0.0400. The molecule has 1 nitrogen and oxygen atoms in total. The molecule has 0 saturated heterocycles. The van der Waals surface area contributed by atoms with Crippen LogP contribution < -0.4 is 0 Å². The molecule has 0 heterocycles. The first-order chi connectivity index (χ1) is 3.86. The average molecular weight is 112 g/mol. The molecule has 3 atom stereocenters. The molecule has 0 amide bonds. The van der Waals surface area contributed by atoms with Gasteiger partial charge in [-0.1, -0.05) is 0 Å². The Bertz CT molecular complexity index is 98.6. The Morgan fingerprint density at radius 3 is 2.25 bits per heavy atom. The molecule has 2 bridgehead atoms. The molecule has 1 heteroatoms. The molecular formula is C7H12O. The summed E-state index contributed by atoms with van der Waals surface area (Å²) >= 11 is 0. The van der Waals surface area contributed by atoms with Gasteiger partial charge in [-0.05, 0) is 37.5 Å². The Labute approximate surface area is 49.7 Å². The largest absolute Gasteiger partial charge is 0.393 e. The van der Waals surface area contributed by atoms with Gasteiger partial charge in [-0.15, -0.1) is 0 Å². The second-order valence-corrected chi connectivity index (χ2v) is 3.24. The zero-order chi connectivity index (χ0) is 5.56. The monoisotopic (exact) mass is 112 g/mol. The standard InChI is InChI=1S/C7H12O/c8-7-4-5-1-2-6(7)3-5/h5-8H,1-4H2/t5-,6?,7+/m0/s1. The van der Waals surface area contributed by atoms with Gasteiger partial charge < -0.3 is 5.11 Å². The number of aliphatic hydroxyl groups excluding tert-OH is 1. The van der Waals surface area contributed by atoms with Crippen LogP contribution in [0.2, 0.25) is 0 Å². The lowest BCUT2D eigenvalue weighted by molar-refractivity contribution is 0.113. The maximum atomic E-state index is 9.22. The van der Waals surface area contributed by atoms with E-state index >= 15 is 0 Å². The van der Waals surface area contributed by atoms with Crippen LogP contribution in [0.3, 0.4) is 0 Å². The molecule has 46 valence electrons. The van der Waals surface area contributed by atoms with Crippen molar-refractivity contribution in [3.8, 4) is 0 Å². The van der Waals surface area contributed by atoms with Crippen LogP contribution in [0.15, 0.2) is 0 Å². The minimum Gasteiger partial charge on any atom is -0.393 e. The van der Waals surface area contributed by atoms with Crippen LogP contribution in [0, 0.1) is 11.8 Å². The van der Waals surface area contributed by atoms with Gasteiger partial charge in [-0.3, -0.25) is 0 Å². The van der Waals surface area contributed by atoms with Gasteiger partial charge in [-0.25, -0.2) is 0 Å². The Balaban J connectivity index is 2.11. The highest BCUT2D eigenvalue weighted by molar-refractivity contribution is 4.89. The maximum absolute atomic E-state index is 9.22. The molecule has 0 aliphatic heterocycles. The number of rotatable bonds is 0. The van der Waals surface area contributed by atoms with E-state index in [-0.39, 0.29) is 6.10 Å². The normalized spacial score (nSPS) is 52.9. The Morgan fingerprint density at radius 2 is 2.00 bits per heavy atom. The van der Waals surface area contributed by atoms with Crippen molar-refractivity contribution in [2.45, 2.75) is 31.8 Å². The summed E-state index contributed by atoms with van der Waals surface area (Å²) in [4.78, 5) is 0. The molecule has 0 aromatic heterocycles. The fourth-order valence-corrected chi connectivity index (χ4v) is 2.21. The van der Waals surface area contributed by atoms with Gasteiger partial charge in [0, 0.05) is 0 Å². The summed E-state index contributed by atoms with van der Waals surface area (Å²) in [5.41, 5.74) is 0. The van der Waals surface area contributed by atoms with Gasteiger partial charge in [0.15, 0.2) is 0 Å². The van der Waals surface area contributed by atoms with E-state index in [9.17, 15) is 5.11 Å². The molecule has 1 unspecified atom stereocenters. The lowest BCUT2D eigenvalue weighted by atomic mass is 9.98. The Morgan fingerprint density at radius 1 is 1.12 bits per heavy atom. The van der Waals surface area contributed by atoms with E-state index in [1.165, 1.54) is 19.3 Å². The van der Waals surface area contributed by atoms with Crippen LogP contribution >= 0.6 is 0 Å². The van der Waals surface area contributed by atoms with Crippen molar-refractivity contribution >= 4 is 0 Å². The van der Waals surface area contributed by atoms with E-state index in [1.807, 2.05) is 0 Å². The highest BCUT2D eigenvalue weighted by Gasteiger charge is 2.38. The lowest BCUT2D eigenvalue weighted by Crippen LogP contribution is -2.14. The first-order valence-corrected chi connectivity index (χ1v) is 3.54. The third kappa shape index (κ3) is 0.510. The minimum atomic E-state index is 0.0775. The summed E-state index contributed by atoms with van der Waals surface area (Å²) in [5.74, 6) is 1.59. The van der Waals surface area contributed by atoms with Gasteiger partial charge in [0.1, 0.15) is 0 Å². The summed E-state index contributed by atoms with van der Waals surface area (Å²) in [5, 5.41) is 9.22. The van der Waals surface area contributed by atoms with Crippen molar-refractivity contribution in [1.29, 1.82) is 0 Å². The molecule has 0 aromatic carbocycles. The number of hydrogen-bond acceptors (Lipinski definition) is 1. The molecule has 0 radical (unpaired) electrons. The van der Waals surface area contributed by atoms with Crippen molar-refractivity contribution < 1.29 is 5.11 Å². The van der Waals surface area contributed by atoms with E-state index in [4.69, 9.17) is 0 Å². The molecule has 8 heavy (non-hydrogen) atoms. The van der Waals surface area contributed by atoms with Gasteiger partial charge >= 0.3 is 0 Å². The fraction of sp³-hybridized carbons (Fsp3) is 1.00. The first-order valence-electron chi connectivity index (χ1n) is 3.54. The van der Waals surface area contributed by atoms with Crippen molar-refractivity contribution in [2.24, 2.45) is 11.8 Å². The van der Waals surface area contributed by atoms with Crippen LogP contribution in [-0.2, 0) is 0 Å². The predicted molar refractivity (Wildman–Crippen MR) is 31.5 cm³/mol. The average Bonchev–Trinajstić information content (AvgIpc) is 2.23. The molecule has 0 spiro atoms. The fourth-order valence-electron chi connectivity index (χ4n) is 2.21.